The molecule has 2 nitrogen and oxygen atoms in total. The van der Waals surface area contributed by atoms with Gasteiger partial charge in [0.25, 0.3) is 0 Å². The predicted octanol–water partition coefficient (Wildman–Crippen LogP) is 3.35. The fraction of sp³-hybridized carbons (Fsp3) is 0.357. The molecule has 0 aromatic heterocycles. The highest BCUT2D eigenvalue weighted by molar-refractivity contribution is 5.80. The maximum Gasteiger partial charge on any atom is 0.457 e. The highest BCUT2D eigenvalue weighted by Crippen LogP contribution is 2.27. The Balaban J connectivity index is 3.21. The van der Waals surface area contributed by atoms with Crippen LogP contribution in [0.3, 0.4) is 0 Å². The van der Waals surface area contributed by atoms with E-state index in [1.165, 1.54) is 25.2 Å². The Kier molecular flexibility index (Phi) is 4.25. The minimum absolute atomic E-state index is 0.280. The summed E-state index contributed by atoms with van der Waals surface area (Å²) in [6.07, 6.45) is -3.94. The van der Waals surface area contributed by atoms with Crippen molar-refractivity contribution in [3.8, 4) is 17.6 Å². The number of hydrogen-bond donors (Lipinski definition) is 0. The molecule has 1 aromatic rings. The van der Waals surface area contributed by atoms with Gasteiger partial charge in [0.05, 0.1) is 18.1 Å². The molecular weight excluding hydrogens is 257 g/mol. The van der Waals surface area contributed by atoms with Crippen molar-refractivity contribution in [3.05, 3.63) is 29.3 Å². The van der Waals surface area contributed by atoms with E-state index in [9.17, 15) is 18.0 Å². The molecule has 0 bridgehead atoms. The van der Waals surface area contributed by atoms with Crippen LogP contribution in [-0.2, 0) is 5.41 Å². The Morgan fingerprint density at radius 1 is 1.21 bits per heavy atom. The molecule has 102 valence electrons. The second-order valence-corrected chi connectivity index (χ2v) is 4.45. The van der Waals surface area contributed by atoms with Gasteiger partial charge < -0.3 is 4.74 Å². The largest absolute Gasteiger partial charge is 0.496 e. The molecule has 1 rings (SSSR count). The first kappa shape index (κ1) is 15.1. The zero-order valence-electron chi connectivity index (χ0n) is 10.8. The summed E-state index contributed by atoms with van der Waals surface area (Å²) in [6.45, 7) is 3.12. The molecule has 0 N–H and O–H groups in total. The van der Waals surface area contributed by atoms with Gasteiger partial charge in [-0.15, -0.1) is 0 Å². The van der Waals surface area contributed by atoms with Gasteiger partial charge in [-0.2, -0.15) is 13.2 Å². The molecule has 1 aromatic carbocycles. The molecular formula is C14H13F3O2. The van der Waals surface area contributed by atoms with Crippen LogP contribution in [0.4, 0.5) is 13.2 Å². The van der Waals surface area contributed by atoms with Crippen LogP contribution < -0.4 is 4.74 Å². The van der Waals surface area contributed by atoms with Crippen LogP contribution in [0.15, 0.2) is 18.2 Å². The van der Waals surface area contributed by atoms with E-state index in [4.69, 9.17) is 4.74 Å². The zero-order valence-corrected chi connectivity index (χ0v) is 10.8. The van der Waals surface area contributed by atoms with Gasteiger partial charge in [0.2, 0.25) is 0 Å². The summed E-state index contributed by atoms with van der Waals surface area (Å²) in [5.41, 5.74) is -0.214. The number of alkyl halides is 3. The molecule has 0 aliphatic heterocycles. The van der Waals surface area contributed by atoms with E-state index in [2.05, 4.69) is 5.92 Å². The number of carbonyl (C=O) groups is 1. The fourth-order valence-electron chi connectivity index (χ4n) is 1.51. The van der Waals surface area contributed by atoms with Gasteiger partial charge in [0.15, 0.2) is 6.29 Å². The highest BCUT2D eigenvalue weighted by atomic mass is 19.4. The SMILES string of the molecule is COc1ccc(C(C)(C)C#CC(F)(F)F)cc1C=O. The van der Waals surface area contributed by atoms with Crippen molar-refractivity contribution in [3.63, 3.8) is 0 Å². The first-order valence-corrected chi connectivity index (χ1v) is 5.44. The zero-order chi connectivity index (χ0) is 14.7. The molecule has 19 heavy (non-hydrogen) atoms. The molecule has 0 saturated carbocycles. The lowest BCUT2D eigenvalue weighted by Crippen LogP contribution is -2.16. The lowest BCUT2D eigenvalue weighted by Gasteiger charge is -2.19. The van der Waals surface area contributed by atoms with Crippen molar-refractivity contribution in [2.45, 2.75) is 25.4 Å². The minimum Gasteiger partial charge on any atom is -0.496 e. The van der Waals surface area contributed by atoms with Gasteiger partial charge in [-0.25, -0.2) is 0 Å². The average molecular weight is 270 g/mol. The van der Waals surface area contributed by atoms with Gasteiger partial charge in [0, 0.05) is 5.92 Å². The third-order valence-corrected chi connectivity index (χ3v) is 2.60. The van der Waals surface area contributed by atoms with Crippen LogP contribution in [0.5, 0.6) is 5.75 Å². The smallest absolute Gasteiger partial charge is 0.457 e. The first-order chi connectivity index (χ1) is 8.69. The molecule has 0 fully saturated rings. The van der Waals surface area contributed by atoms with E-state index in [0.717, 1.165) is 0 Å². The predicted molar refractivity (Wildman–Crippen MR) is 65.2 cm³/mol. The number of hydrogen-bond acceptors (Lipinski definition) is 2. The van der Waals surface area contributed by atoms with E-state index < -0.39 is 11.6 Å². The van der Waals surface area contributed by atoms with Crippen LogP contribution in [0.2, 0.25) is 0 Å². The Morgan fingerprint density at radius 3 is 2.32 bits per heavy atom. The van der Waals surface area contributed by atoms with Crippen molar-refractivity contribution in [2.24, 2.45) is 0 Å². The molecule has 0 atom stereocenters. The normalized spacial score (nSPS) is 11.5. The minimum atomic E-state index is -4.53. The van der Waals surface area contributed by atoms with Crippen molar-refractivity contribution in [1.82, 2.24) is 0 Å². The molecule has 0 saturated heterocycles. The molecule has 0 amide bonds. The highest BCUT2D eigenvalue weighted by Gasteiger charge is 2.26. The lowest BCUT2D eigenvalue weighted by atomic mass is 9.84. The second-order valence-electron chi connectivity index (χ2n) is 4.45. The van der Waals surface area contributed by atoms with E-state index in [0.29, 0.717) is 17.6 Å². The lowest BCUT2D eigenvalue weighted by molar-refractivity contribution is -0.0698. The number of carbonyl (C=O) groups excluding carboxylic acids is 1. The van der Waals surface area contributed by atoms with Crippen molar-refractivity contribution in [2.75, 3.05) is 7.11 Å². The number of methoxy groups -OCH3 is 1. The van der Waals surface area contributed by atoms with E-state index in [-0.39, 0.29) is 5.56 Å². The van der Waals surface area contributed by atoms with Gasteiger partial charge in [0.1, 0.15) is 5.75 Å². The van der Waals surface area contributed by atoms with E-state index >= 15 is 0 Å². The van der Waals surface area contributed by atoms with Crippen molar-refractivity contribution >= 4 is 6.29 Å². The maximum absolute atomic E-state index is 12.1. The Hall–Kier alpha value is -1.96. The van der Waals surface area contributed by atoms with Gasteiger partial charge >= 0.3 is 6.18 Å². The average Bonchev–Trinajstić information content (AvgIpc) is 2.35. The molecule has 0 heterocycles. The number of rotatable bonds is 3. The number of aldehydes is 1. The van der Waals surface area contributed by atoms with Crippen LogP contribution in [0, 0.1) is 11.8 Å². The second kappa shape index (κ2) is 5.35. The third kappa shape index (κ3) is 4.02. The monoisotopic (exact) mass is 270 g/mol. The van der Waals surface area contributed by atoms with Gasteiger partial charge in [-0.05, 0) is 31.5 Å². The maximum atomic E-state index is 12.1. The van der Waals surface area contributed by atoms with Crippen LogP contribution >= 0.6 is 0 Å². The third-order valence-electron chi connectivity index (χ3n) is 2.60. The molecule has 0 aliphatic carbocycles. The number of halogens is 3. The Morgan fingerprint density at radius 2 is 1.84 bits per heavy atom. The van der Waals surface area contributed by atoms with E-state index in [1.807, 2.05) is 0 Å². The number of benzene rings is 1. The van der Waals surface area contributed by atoms with Crippen LogP contribution in [-0.4, -0.2) is 19.6 Å². The standard InChI is InChI=1S/C14H13F3O2/c1-13(2,6-7-14(15,16)17)11-4-5-12(19-3)10(8-11)9-18/h4-5,8-9H,1-3H3. The Bertz CT molecular complexity index is 534. The fourth-order valence-corrected chi connectivity index (χ4v) is 1.51. The quantitative estimate of drug-likeness (QED) is 0.622. The van der Waals surface area contributed by atoms with Gasteiger partial charge in [-0.1, -0.05) is 12.0 Å². The van der Waals surface area contributed by atoms with Crippen LogP contribution in [0.1, 0.15) is 29.8 Å². The molecule has 0 radical (unpaired) electrons. The van der Waals surface area contributed by atoms with Crippen LogP contribution in [0.25, 0.3) is 0 Å². The summed E-state index contributed by atoms with van der Waals surface area (Å²) in [4.78, 5) is 10.9. The van der Waals surface area contributed by atoms with Crippen molar-refractivity contribution in [1.29, 1.82) is 0 Å². The summed E-state index contributed by atoms with van der Waals surface area (Å²) in [5, 5.41) is 0. The summed E-state index contributed by atoms with van der Waals surface area (Å²) in [5.74, 6) is 3.80. The summed E-state index contributed by atoms with van der Waals surface area (Å²) in [7, 11) is 1.41. The Labute approximate surface area is 109 Å². The number of ether oxygens (including phenoxy) is 1. The molecule has 0 spiro atoms. The molecule has 0 aliphatic rings. The summed E-state index contributed by atoms with van der Waals surface area (Å²) in [6, 6.07) is 4.61. The molecule has 5 heteroatoms. The first-order valence-electron chi connectivity index (χ1n) is 5.44. The summed E-state index contributed by atoms with van der Waals surface area (Å²) < 4.78 is 41.3. The summed E-state index contributed by atoms with van der Waals surface area (Å²) >= 11 is 0. The topological polar surface area (TPSA) is 26.3 Å². The van der Waals surface area contributed by atoms with Crippen molar-refractivity contribution < 1.29 is 22.7 Å². The van der Waals surface area contributed by atoms with E-state index in [1.54, 1.807) is 19.9 Å². The molecule has 0 unspecified atom stereocenters. The van der Waals surface area contributed by atoms with Gasteiger partial charge in [-0.3, -0.25) is 4.79 Å².